The van der Waals surface area contributed by atoms with E-state index in [1.54, 1.807) is 37.3 Å². The number of para-hydroxylation sites is 1. The van der Waals surface area contributed by atoms with E-state index in [1.807, 2.05) is 0 Å². The molecular formula is C18H19FN2O4. The average Bonchev–Trinajstić information content (AvgIpc) is 2.59. The third-order valence-corrected chi connectivity index (χ3v) is 3.53. The second-order valence-corrected chi connectivity index (χ2v) is 5.34. The van der Waals surface area contributed by atoms with Crippen molar-refractivity contribution in [3.8, 4) is 11.5 Å². The van der Waals surface area contributed by atoms with Crippen LogP contribution in [0.3, 0.4) is 0 Å². The number of carbonyl (C=O) groups is 2. The SMILES string of the molecule is COc1ccc(C(C)NC(=O)c2ccccc2OCC(N)=O)cc1F. The molecule has 0 radical (unpaired) electrons. The van der Waals surface area contributed by atoms with Crippen LogP contribution < -0.4 is 20.5 Å². The van der Waals surface area contributed by atoms with Crippen molar-refractivity contribution in [2.75, 3.05) is 13.7 Å². The van der Waals surface area contributed by atoms with Crippen molar-refractivity contribution in [1.29, 1.82) is 0 Å². The summed E-state index contributed by atoms with van der Waals surface area (Å²) < 4.78 is 23.9. The second-order valence-electron chi connectivity index (χ2n) is 5.34. The van der Waals surface area contributed by atoms with Crippen LogP contribution in [0.5, 0.6) is 11.5 Å². The number of hydrogen-bond acceptors (Lipinski definition) is 4. The molecule has 0 saturated heterocycles. The average molecular weight is 346 g/mol. The van der Waals surface area contributed by atoms with E-state index in [1.165, 1.54) is 19.2 Å². The molecule has 6 nitrogen and oxygen atoms in total. The third kappa shape index (κ3) is 4.69. The van der Waals surface area contributed by atoms with Gasteiger partial charge in [-0.05, 0) is 36.8 Å². The van der Waals surface area contributed by atoms with Crippen LogP contribution in [-0.2, 0) is 4.79 Å². The van der Waals surface area contributed by atoms with Gasteiger partial charge in [-0.1, -0.05) is 18.2 Å². The molecule has 1 atom stereocenters. The molecule has 2 amide bonds. The van der Waals surface area contributed by atoms with E-state index in [-0.39, 0.29) is 23.7 Å². The molecule has 132 valence electrons. The van der Waals surface area contributed by atoms with Gasteiger partial charge in [0.15, 0.2) is 18.2 Å². The third-order valence-electron chi connectivity index (χ3n) is 3.53. The molecule has 25 heavy (non-hydrogen) atoms. The van der Waals surface area contributed by atoms with Gasteiger partial charge in [0.25, 0.3) is 11.8 Å². The fourth-order valence-corrected chi connectivity index (χ4v) is 2.24. The van der Waals surface area contributed by atoms with E-state index in [9.17, 15) is 14.0 Å². The van der Waals surface area contributed by atoms with Gasteiger partial charge in [-0.15, -0.1) is 0 Å². The topological polar surface area (TPSA) is 90.7 Å². The Balaban J connectivity index is 2.13. The molecule has 0 bridgehead atoms. The number of carbonyl (C=O) groups excluding carboxylic acids is 2. The number of methoxy groups -OCH3 is 1. The van der Waals surface area contributed by atoms with Gasteiger partial charge < -0.3 is 20.5 Å². The minimum absolute atomic E-state index is 0.132. The van der Waals surface area contributed by atoms with Gasteiger partial charge >= 0.3 is 0 Å². The number of hydrogen-bond donors (Lipinski definition) is 2. The van der Waals surface area contributed by atoms with Crippen LogP contribution in [0.4, 0.5) is 4.39 Å². The van der Waals surface area contributed by atoms with Crippen LogP contribution in [0.1, 0.15) is 28.9 Å². The predicted octanol–water partition coefficient (Wildman–Crippen LogP) is 2.19. The molecule has 1 unspecified atom stereocenters. The molecule has 0 aliphatic heterocycles. The summed E-state index contributed by atoms with van der Waals surface area (Å²) in [6.45, 7) is 1.40. The lowest BCUT2D eigenvalue weighted by atomic mass is 10.1. The molecule has 0 heterocycles. The summed E-state index contributed by atoms with van der Waals surface area (Å²) in [4.78, 5) is 23.3. The summed E-state index contributed by atoms with van der Waals surface area (Å²) in [7, 11) is 1.38. The molecule has 0 aromatic heterocycles. The highest BCUT2D eigenvalue weighted by atomic mass is 19.1. The molecule has 0 saturated carbocycles. The summed E-state index contributed by atoms with van der Waals surface area (Å²) in [6, 6.07) is 10.5. The van der Waals surface area contributed by atoms with E-state index < -0.39 is 23.7 Å². The maximum atomic E-state index is 13.8. The molecule has 0 aliphatic rings. The van der Waals surface area contributed by atoms with Crippen LogP contribution >= 0.6 is 0 Å². The van der Waals surface area contributed by atoms with Crippen LogP contribution in [0, 0.1) is 5.82 Å². The number of nitrogens with two attached hydrogens (primary N) is 1. The van der Waals surface area contributed by atoms with Gasteiger partial charge in [0, 0.05) is 0 Å². The number of benzene rings is 2. The zero-order chi connectivity index (χ0) is 18.4. The molecule has 0 aliphatic carbocycles. The lowest BCUT2D eigenvalue weighted by Crippen LogP contribution is -2.28. The lowest BCUT2D eigenvalue weighted by Gasteiger charge is -2.16. The normalized spacial score (nSPS) is 11.5. The molecule has 2 rings (SSSR count). The smallest absolute Gasteiger partial charge is 0.255 e. The van der Waals surface area contributed by atoms with Crippen molar-refractivity contribution < 1.29 is 23.5 Å². The van der Waals surface area contributed by atoms with Crippen molar-refractivity contribution in [3.05, 3.63) is 59.4 Å². The minimum atomic E-state index is -0.641. The first-order chi connectivity index (χ1) is 11.9. The molecule has 0 fully saturated rings. The summed E-state index contributed by atoms with van der Waals surface area (Å²) >= 11 is 0. The highest BCUT2D eigenvalue weighted by molar-refractivity contribution is 5.97. The fraction of sp³-hybridized carbons (Fsp3) is 0.222. The Kier molecular flexibility index (Phi) is 5.94. The van der Waals surface area contributed by atoms with Gasteiger partial charge in [0.1, 0.15) is 5.75 Å². The Bertz CT molecular complexity index is 779. The first kappa shape index (κ1) is 18.3. The number of amides is 2. The lowest BCUT2D eigenvalue weighted by molar-refractivity contribution is -0.119. The quantitative estimate of drug-likeness (QED) is 0.804. The summed E-state index contributed by atoms with van der Waals surface area (Å²) in [6.07, 6.45) is 0. The van der Waals surface area contributed by atoms with E-state index in [0.29, 0.717) is 5.56 Å². The van der Waals surface area contributed by atoms with E-state index >= 15 is 0 Å². The molecule has 3 N–H and O–H groups in total. The van der Waals surface area contributed by atoms with E-state index in [4.69, 9.17) is 15.2 Å². The molecule has 2 aromatic rings. The van der Waals surface area contributed by atoms with Crippen LogP contribution in [-0.4, -0.2) is 25.5 Å². The summed E-state index contributed by atoms with van der Waals surface area (Å²) in [5.41, 5.74) is 5.89. The molecule has 7 heteroatoms. The Morgan fingerprint density at radius 1 is 1.20 bits per heavy atom. The highest BCUT2D eigenvalue weighted by Gasteiger charge is 2.17. The summed E-state index contributed by atoms with van der Waals surface area (Å²) in [5, 5.41) is 2.76. The van der Waals surface area contributed by atoms with Crippen molar-refractivity contribution in [2.45, 2.75) is 13.0 Å². The number of ether oxygens (including phenoxy) is 2. The van der Waals surface area contributed by atoms with Crippen LogP contribution in [0.2, 0.25) is 0 Å². The molecule has 2 aromatic carbocycles. The van der Waals surface area contributed by atoms with Gasteiger partial charge in [-0.25, -0.2) is 4.39 Å². The van der Waals surface area contributed by atoms with Crippen LogP contribution in [0.25, 0.3) is 0 Å². The van der Waals surface area contributed by atoms with Crippen molar-refractivity contribution in [2.24, 2.45) is 5.73 Å². The van der Waals surface area contributed by atoms with Crippen LogP contribution in [0.15, 0.2) is 42.5 Å². The Hall–Kier alpha value is -3.09. The minimum Gasteiger partial charge on any atom is -0.494 e. The van der Waals surface area contributed by atoms with Gasteiger partial charge in [-0.3, -0.25) is 9.59 Å². The highest BCUT2D eigenvalue weighted by Crippen LogP contribution is 2.23. The van der Waals surface area contributed by atoms with Gasteiger partial charge in [0.2, 0.25) is 0 Å². The van der Waals surface area contributed by atoms with E-state index in [2.05, 4.69) is 5.32 Å². The number of halogens is 1. The van der Waals surface area contributed by atoms with Gasteiger partial charge in [0.05, 0.1) is 18.7 Å². The van der Waals surface area contributed by atoms with Crippen molar-refractivity contribution in [3.63, 3.8) is 0 Å². The number of rotatable bonds is 7. The van der Waals surface area contributed by atoms with E-state index in [0.717, 1.165) is 0 Å². The standard InChI is InChI=1S/C18H19FN2O4/c1-11(12-7-8-16(24-2)14(19)9-12)21-18(23)13-5-3-4-6-15(13)25-10-17(20)22/h3-9,11H,10H2,1-2H3,(H2,20,22)(H,21,23). The predicted molar refractivity (Wildman–Crippen MR) is 90.0 cm³/mol. The van der Waals surface area contributed by atoms with Gasteiger partial charge in [-0.2, -0.15) is 0 Å². The van der Waals surface area contributed by atoms with Crippen molar-refractivity contribution >= 4 is 11.8 Å². The zero-order valence-corrected chi connectivity index (χ0v) is 13.9. The molecular weight excluding hydrogens is 327 g/mol. The largest absolute Gasteiger partial charge is 0.494 e. The first-order valence-corrected chi connectivity index (χ1v) is 7.56. The number of primary amides is 1. The summed E-state index contributed by atoms with van der Waals surface area (Å²) in [5.74, 6) is -1.19. The Morgan fingerprint density at radius 2 is 1.92 bits per heavy atom. The van der Waals surface area contributed by atoms with Crippen molar-refractivity contribution in [1.82, 2.24) is 5.32 Å². The maximum absolute atomic E-state index is 13.8. The number of nitrogens with one attached hydrogen (secondary N) is 1. The zero-order valence-electron chi connectivity index (χ0n) is 13.9. The fourth-order valence-electron chi connectivity index (χ4n) is 2.24. The molecule has 0 spiro atoms. The Labute approximate surface area is 144 Å². The maximum Gasteiger partial charge on any atom is 0.255 e. The second kappa shape index (κ2) is 8.14. The Morgan fingerprint density at radius 3 is 2.56 bits per heavy atom. The monoisotopic (exact) mass is 346 g/mol. The first-order valence-electron chi connectivity index (χ1n) is 7.56.